The Hall–Kier alpha value is -2.73. The van der Waals surface area contributed by atoms with E-state index < -0.39 is 10.8 Å². The van der Waals surface area contributed by atoms with Crippen molar-refractivity contribution < 1.29 is 9.72 Å². The SMILES string of the molecule is O=C(N/N=C/c1ccccc1)c1ccc([N+](=O)[O-])cc1Cl. The third kappa shape index (κ3) is 3.87. The summed E-state index contributed by atoms with van der Waals surface area (Å²) in [7, 11) is 0. The number of carbonyl (C=O) groups is 1. The number of hydrogen-bond acceptors (Lipinski definition) is 4. The van der Waals surface area contributed by atoms with Gasteiger partial charge in [-0.3, -0.25) is 14.9 Å². The van der Waals surface area contributed by atoms with Crippen LogP contribution in [0.1, 0.15) is 15.9 Å². The van der Waals surface area contributed by atoms with Crippen LogP contribution in [0.2, 0.25) is 5.02 Å². The van der Waals surface area contributed by atoms with Crippen molar-refractivity contribution in [3.63, 3.8) is 0 Å². The Kier molecular flexibility index (Phi) is 4.63. The van der Waals surface area contributed by atoms with Crippen LogP contribution in [0, 0.1) is 10.1 Å². The van der Waals surface area contributed by atoms with Crippen molar-refractivity contribution >= 4 is 29.4 Å². The maximum atomic E-state index is 11.9. The summed E-state index contributed by atoms with van der Waals surface area (Å²) in [5.74, 6) is -0.540. The molecule has 0 saturated heterocycles. The van der Waals surface area contributed by atoms with Gasteiger partial charge in [0.25, 0.3) is 11.6 Å². The predicted octanol–water partition coefficient (Wildman–Crippen LogP) is 3.01. The number of hydrogen-bond donors (Lipinski definition) is 1. The number of benzene rings is 2. The topological polar surface area (TPSA) is 84.6 Å². The number of nitrogens with one attached hydrogen (secondary N) is 1. The Balaban J connectivity index is 2.07. The highest BCUT2D eigenvalue weighted by atomic mass is 35.5. The smallest absolute Gasteiger partial charge is 0.267 e. The summed E-state index contributed by atoms with van der Waals surface area (Å²) in [5, 5.41) is 14.4. The van der Waals surface area contributed by atoms with Crippen molar-refractivity contribution in [1.29, 1.82) is 0 Å². The molecule has 1 amide bonds. The molecule has 0 unspecified atom stereocenters. The van der Waals surface area contributed by atoms with Gasteiger partial charge < -0.3 is 0 Å². The molecule has 21 heavy (non-hydrogen) atoms. The second kappa shape index (κ2) is 6.62. The van der Waals surface area contributed by atoms with E-state index in [4.69, 9.17) is 11.6 Å². The van der Waals surface area contributed by atoms with Gasteiger partial charge in [0.1, 0.15) is 0 Å². The van der Waals surface area contributed by atoms with Crippen LogP contribution in [0.25, 0.3) is 0 Å². The highest BCUT2D eigenvalue weighted by Gasteiger charge is 2.14. The minimum absolute atomic E-state index is 0.00314. The normalized spacial score (nSPS) is 10.5. The molecule has 106 valence electrons. The van der Waals surface area contributed by atoms with E-state index in [9.17, 15) is 14.9 Å². The third-order valence-corrected chi connectivity index (χ3v) is 2.90. The molecule has 0 atom stereocenters. The molecule has 0 aromatic heterocycles. The van der Waals surface area contributed by atoms with E-state index in [1.54, 1.807) is 0 Å². The largest absolute Gasteiger partial charge is 0.272 e. The molecule has 1 N–H and O–H groups in total. The first kappa shape index (κ1) is 14.7. The molecule has 0 bridgehead atoms. The lowest BCUT2D eigenvalue weighted by Gasteiger charge is -2.02. The van der Waals surface area contributed by atoms with Gasteiger partial charge in [0.05, 0.1) is 21.7 Å². The molecule has 2 aromatic rings. The first-order valence-electron chi connectivity index (χ1n) is 5.90. The summed E-state index contributed by atoms with van der Waals surface area (Å²) in [6, 6.07) is 12.8. The zero-order chi connectivity index (χ0) is 15.2. The monoisotopic (exact) mass is 303 g/mol. The highest BCUT2D eigenvalue weighted by molar-refractivity contribution is 6.34. The molecule has 0 saturated carbocycles. The number of carbonyl (C=O) groups excluding carboxylic acids is 1. The lowest BCUT2D eigenvalue weighted by Crippen LogP contribution is -2.18. The summed E-state index contributed by atoms with van der Waals surface area (Å²) in [6.07, 6.45) is 1.48. The highest BCUT2D eigenvalue weighted by Crippen LogP contribution is 2.22. The van der Waals surface area contributed by atoms with Gasteiger partial charge in [-0.25, -0.2) is 5.43 Å². The standard InChI is InChI=1S/C14H10ClN3O3/c15-13-8-11(18(20)21)6-7-12(13)14(19)17-16-9-10-4-2-1-3-5-10/h1-9H,(H,17,19)/b16-9+. The molecule has 0 aliphatic heterocycles. The Morgan fingerprint density at radius 1 is 1.24 bits per heavy atom. The molecule has 0 aliphatic carbocycles. The fraction of sp³-hybridized carbons (Fsp3) is 0. The number of non-ortho nitro benzene ring substituents is 1. The van der Waals surface area contributed by atoms with E-state index in [2.05, 4.69) is 10.5 Å². The Labute approximate surface area is 125 Å². The fourth-order valence-electron chi connectivity index (χ4n) is 1.57. The van der Waals surface area contributed by atoms with Crippen LogP contribution in [-0.4, -0.2) is 17.0 Å². The first-order chi connectivity index (χ1) is 10.1. The fourth-order valence-corrected chi connectivity index (χ4v) is 1.83. The molecule has 2 aromatic carbocycles. The molecule has 6 nitrogen and oxygen atoms in total. The molecule has 7 heteroatoms. The van der Waals surface area contributed by atoms with Crippen molar-refractivity contribution in [3.8, 4) is 0 Å². The van der Waals surface area contributed by atoms with Gasteiger partial charge in [0.15, 0.2) is 0 Å². The van der Waals surface area contributed by atoms with Crippen LogP contribution in [-0.2, 0) is 0 Å². The van der Waals surface area contributed by atoms with E-state index in [0.29, 0.717) is 0 Å². The molecule has 0 fully saturated rings. The molecule has 0 spiro atoms. The summed E-state index contributed by atoms with van der Waals surface area (Å²) in [5.41, 5.74) is 3.08. The van der Waals surface area contributed by atoms with Crippen molar-refractivity contribution in [2.24, 2.45) is 5.10 Å². The first-order valence-corrected chi connectivity index (χ1v) is 6.28. The second-order valence-corrected chi connectivity index (χ2v) is 4.44. The third-order valence-electron chi connectivity index (χ3n) is 2.59. The van der Waals surface area contributed by atoms with Gasteiger partial charge in [0, 0.05) is 12.1 Å². The quantitative estimate of drug-likeness (QED) is 0.535. The van der Waals surface area contributed by atoms with Crippen LogP contribution in [0.5, 0.6) is 0 Å². The molecule has 0 aliphatic rings. The maximum Gasteiger partial charge on any atom is 0.272 e. The number of nitro benzene ring substituents is 1. The van der Waals surface area contributed by atoms with E-state index in [1.165, 1.54) is 18.3 Å². The number of nitrogens with zero attached hydrogens (tertiary/aromatic N) is 2. The van der Waals surface area contributed by atoms with Gasteiger partial charge in [-0.05, 0) is 11.6 Å². The van der Waals surface area contributed by atoms with Gasteiger partial charge in [-0.1, -0.05) is 41.9 Å². The molecular weight excluding hydrogens is 294 g/mol. The van der Waals surface area contributed by atoms with Crippen molar-refractivity contribution in [1.82, 2.24) is 5.43 Å². The summed E-state index contributed by atoms with van der Waals surface area (Å²) < 4.78 is 0. The van der Waals surface area contributed by atoms with Crippen LogP contribution >= 0.6 is 11.6 Å². The maximum absolute atomic E-state index is 11.9. The van der Waals surface area contributed by atoms with Crippen LogP contribution < -0.4 is 5.43 Å². The zero-order valence-corrected chi connectivity index (χ0v) is 11.4. The molecular formula is C14H10ClN3O3. The second-order valence-electron chi connectivity index (χ2n) is 4.03. The van der Waals surface area contributed by atoms with Crippen molar-refractivity contribution in [2.75, 3.05) is 0 Å². The summed E-state index contributed by atoms with van der Waals surface area (Å²) in [6.45, 7) is 0. The Morgan fingerprint density at radius 2 is 1.95 bits per heavy atom. The van der Waals surface area contributed by atoms with Gasteiger partial charge in [-0.2, -0.15) is 5.10 Å². The van der Waals surface area contributed by atoms with Gasteiger partial charge in [-0.15, -0.1) is 0 Å². The number of hydrazone groups is 1. The summed E-state index contributed by atoms with van der Waals surface area (Å²) in [4.78, 5) is 21.9. The number of amides is 1. The molecule has 0 radical (unpaired) electrons. The number of rotatable bonds is 4. The lowest BCUT2D eigenvalue weighted by atomic mass is 10.2. The molecule has 0 heterocycles. The van der Waals surface area contributed by atoms with E-state index in [1.807, 2.05) is 30.3 Å². The Bertz CT molecular complexity index is 702. The van der Waals surface area contributed by atoms with Crippen molar-refractivity contribution in [2.45, 2.75) is 0 Å². The minimum atomic E-state index is -0.582. The van der Waals surface area contributed by atoms with Gasteiger partial charge in [0.2, 0.25) is 0 Å². The van der Waals surface area contributed by atoms with Crippen LogP contribution in [0.3, 0.4) is 0 Å². The average Bonchev–Trinajstić information content (AvgIpc) is 2.48. The predicted molar refractivity (Wildman–Crippen MR) is 79.6 cm³/mol. The number of nitro groups is 1. The summed E-state index contributed by atoms with van der Waals surface area (Å²) >= 11 is 5.85. The van der Waals surface area contributed by atoms with E-state index in [-0.39, 0.29) is 16.3 Å². The van der Waals surface area contributed by atoms with E-state index in [0.717, 1.165) is 11.6 Å². The van der Waals surface area contributed by atoms with Crippen molar-refractivity contribution in [3.05, 3.63) is 74.8 Å². The minimum Gasteiger partial charge on any atom is -0.267 e. The Morgan fingerprint density at radius 3 is 2.57 bits per heavy atom. The number of halogens is 1. The van der Waals surface area contributed by atoms with Crippen LogP contribution in [0.4, 0.5) is 5.69 Å². The average molecular weight is 304 g/mol. The van der Waals surface area contributed by atoms with Gasteiger partial charge >= 0.3 is 0 Å². The molecule has 2 rings (SSSR count). The van der Waals surface area contributed by atoms with E-state index >= 15 is 0 Å². The zero-order valence-electron chi connectivity index (χ0n) is 10.7. The van der Waals surface area contributed by atoms with Crippen LogP contribution in [0.15, 0.2) is 53.6 Å². The lowest BCUT2D eigenvalue weighted by molar-refractivity contribution is -0.384.